The molecular weight excluding hydrogens is 316 g/mol. The topological polar surface area (TPSA) is 66.4 Å². The highest BCUT2D eigenvalue weighted by molar-refractivity contribution is 5.99. The Balaban J connectivity index is 1.55. The first kappa shape index (κ1) is 15.9. The molecule has 25 heavy (non-hydrogen) atoms. The Morgan fingerprint density at radius 1 is 1.04 bits per heavy atom. The number of carbonyl (C=O) groups is 1. The number of nitrogens with zero attached hydrogens (tertiary/aromatic N) is 2. The van der Waals surface area contributed by atoms with Crippen molar-refractivity contribution in [2.45, 2.75) is 18.9 Å². The Kier molecular flexibility index (Phi) is 4.05. The molecule has 2 aromatic rings. The minimum Gasteiger partial charge on any atom is -0.310 e. The van der Waals surface area contributed by atoms with Crippen LogP contribution in [0.3, 0.4) is 0 Å². The molecule has 2 atom stereocenters. The smallest absolute Gasteiger partial charge is 0.310 e. The molecule has 0 spiro atoms. The highest BCUT2D eigenvalue weighted by Gasteiger charge is 2.33. The fraction of sp³-hybridized carbons (Fsp3) is 0.368. The summed E-state index contributed by atoms with van der Waals surface area (Å²) >= 11 is 0. The van der Waals surface area contributed by atoms with Gasteiger partial charge < -0.3 is 20.1 Å². The monoisotopic (exact) mass is 338 g/mol. The molecule has 6 nitrogen and oxygen atoms in total. The number of benzene rings is 1. The van der Waals surface area contributed by atoms with Crippen molar-refractivity contribution in [3.63, 3.8) is 0 Å². The van der Waals surface area contributed by atoms with Crippen LogP contribution in [0.5, 0.6) is 0 Å². The zero-order valence-corrected chi connectivity index (χ0v) is 14.2. The van der Waals surface area contributed by atoms with E-state index in [2.05, 4.69) is 22.6 Å². The standard InChI is InChI=1S/C19H22N4O2/c1-22-10-13-9-14(12-22)17-8-7-16(18(24)23(17)11-13)21-19(25)20-15-5-3-2-4-6-15/h2-8,13-14H,9-12H2,1H3,(H2,20,21,25)/t13-,14-/m1/s1. The van der Waals surface area contributed by atoms with Crippen LogP contribution in [0.1, 0.15) is 18.0 Å². The number of hydrogen-bond acceptors (Lipinski definition) is 3. The van der Waals surface area contributed by atoms with E-state index in [4.69, 9.17) is 0 Å². The summed E-state index contributed by atoms with van der Waals surface area (Å²) < 4.78 is 1.85. The number of nitrogens with one attached hydrogen (secondary N) is 2. The van der Waals surface area contributed by atoms with Gasteiger partial charge in [-0.1, -0.05) is 18.2 Å². The first-order chi connectivity index (χ1) is 12.1. The highest BCUT2D eigenvalue weighted by Crippen LogP contribution is 2.34. The van der Waals surface area contributed by atoms with Gasteiger partial charge >= 0.3 is 6.03 Å². The molecule has 1 aromatic carbocycles. The van der Waals surface area contributed by atoms with Gasteiger partial charge in [0.2, 0.25) is 0 Å². The summed E-state index contributed by atoms with van der Waals surface area (Å²) in [4.78, 5) is 27.3. The van der Waals surface area contributed by atoms with Gasteiger partial charge in [-0.2, -0.15) is 0 Å². The predicted molar refractivity (Wildman–Crippen MR) is 98.1 cm³/mol. The Morgan fingerprint density at radius 3 is 2.64 bits per heavy atom. The number of para-hydroxylation sites is 1. The van der Waals surface area contributed by atoms with Gasteiger partial charge in [-0.25, -0.2) is 4.79 Å². The molecule has 1 fully saturated rings. The van der Waals surface area contributed by atoms with Gasteiger partial charge in [0.05, 0.1) is 0 Å². The van der Waals surface area contributed by atoms with Crippen molar-refractivity contribution in [1.82, 2.24) is 9.47 Å². The minimum atomic E-state index is -0.403. The van der Waals surface area contributed by atoms with Crippen LogP contribution in [0.4, 0.5) is 16.2 Å². The third-order valence-corrected chi connectivity index (χ3v) is 5.07. The SMILES string of the molecule is CN1C[C@H]2C[C@H](C1)c1ccc(NC(=O)Nc3ccccc3)c(=O)n1C2. The van der Waals surface area contributed by atoms with Gasteiger partial charge in [-0.05, 0) is 43.7 Å². The van der Waals surface area contributed by atoms with E-state index >= 15 is 0 Å². The molecular formula is C19H22N4O2. The van der Waals surface area contributed by atoms with Gasteiger partial charge in [0, 0.05) is 36.9 Å². The number of rotatable bonds is 2. The van der Waals surface area contributed by atoms with Crippen LogP contribution in [-0.2, 0) is 6.54 Å². The molecule has 1 aromatic heterocycles. The van der Waals surface area contributed by atoms with E-state index in [0.29, 0.717) is 23.2 Å². The molecule has 130 valence electrons. The maximum atomic E-state index is 12.8. The molecule has 2 aliphatic heterocycles. The lowest BCUT2D eigenvalue weighted by Crippen LogP contribution is -2.46. The Morgan fingerprint density at radius 2 is 1.84 bits per heavy atom. The molecule has 2 aliphatic rings. The molecule has 4 rings (SSSR count). The number of hydrogen-bond donors (Lipinski definition) is 2. The van der Waals surface area contributed by atoms with Crippen molar-refractivity contribution in [3.8, 4) is 0 Å². The molecule has 2 bridgehead atoms. The third kappa shape index (κ3) is 3.17. The summed E-state index contributed by atoms with van der Waals surface area (Å²) in [5, 5.41) is 5.43. The van der Waals surface area contributed by atoms with Crippen molar-refractivity contribution in [2.75, 3.05) is 30.8 Å². The number of amides is 2. The zero-order chi connectivity index (χ0) is 17.4. The lowest BCUT2D eigenvalue weighted by atomic mass is 9.83. The summed E-state index contributed by atoms with van der Waals surface area (Å²) in [6.45, 7) is 2.73. The summed E-state index contributed by atoms with van der Waals surface area (Å²) in [6.07, 6.45) is 1.14. The maximum Gasteiger partial charge on any atom is 0.323 e. The number of carbonyl (C=O) groups excluding carboxylic acids is 1. The number of likely N-dealkylation sites (N-methyl/N-ethyl adjacent to an activating group) is 1. The maximum absolute atomic E-state index is 12.8. The van der Waals surface area contributed by atoms with E-state index in [9.17, 15) is 9.59 Å². The Bertz CT molecular complexity index is 846. The van der Waals surface area contributed by atoms with Crippen LogP contribution in [0.15, 0.2) is 47.3 Å². The second-order valence-electron chi connectivity index (χ2n) is 7.05. The van der Waals surface area contributed by atoms with Gasteiger partial charge in [0.1, 0.15) is 5.69 Å². The molecule has 0 unspecified atom stereocenters. The fourth-order valence-electron chi connectivity index (χ4n) is 4.09. The lowest BCUT2D eigenvalue weighted by Gasteiger charge is -2.41. The van der Waals surface area contributed by atoms with E-state index in [1.807, 2.05) is 28.8 Å². The second-order valence-corrected chi connectivity index (χ2v) is 7.05. The summed E-state index contributed by atoms with van der Waals surface area (Å²) in [6, 6.07) is 12.5. The summed E-state index contributed by atoms with van der Waals surface area (Å²) in [7, 11) is 2.14. The summed E-state index contributed by atoms with van der Waals surface area (Å²) in [5.74, 6) is 0.903. The Hall–Kier alpha value is -2.60. The number of piperidine rings is 1. The van der Waals surface area contributed by atoms with E-state index < -0.39 is 6.03 Å². The van der Waals surface area contributed by atoms with E-state index in [-0.39, 0.29) is 5.56 Å². The molecule has 1 saturated heterocycles. The van der Waals surface area contributed by atoms with Crippen molar-refractivity contribution in [3.05, 3.63) is 58.5 Å². The van der Waals surface area contributed by atoms with Crippen molar-refractivity contribution < 1.29 is 4.79 Å². The average Bonchev–Trinajstić information content (AvgIpc) is 2.58. The van der Waals surface area contributed by atoms with Crippen LogP contribution >= 0.6 is 0 Å². The first-order valence-corrected chi connectivity index (χ1v) is 8.65. The van der Waals surface area contributed by atoms with Crippen LogP contribution in [0.25, 0.3) is 0 Å². The average molecular weight is 338 g/mol. The molecule has 6 heteroatoms. The molecule has 3 heterocycles. The number of fused-ring (bicyclic) bond motifs is 4. The molecule has 0 radical (unpaired) electrons. The number of pyridine rings is 1. The van der Waals surface area contributed by atoms with Crippen molar-refractivity contribution >= 4 is 17.4 Å². The largest absolute Gasteiger partial charge is 0.323 e. The lowest BCUT2D eigenvalue weighted by molar-refractivity contribution is 0.145. The van der Waals surface area contributed by atoms with Gasteiger partial charge in [0.15, 0.2) is 0 Å². The molecule has 2 amide bonds. The molecule has 2 N–H and O–H groups in total. The fourth-order valence-corrected chi connectivity index (χ4v) is 4.09. The minimum absolute atomic E-state index is 0.111. The number of anilines is 2. The second kappa shape index (κ2) is 6.37. The van der Waals surface area contributed by atoms with E-state index in [1.165, 1.54) is 0 Å². The predicted octanol–water partition coefficient (Wildman–Crippen LogP) is 2.54. The van der Waals surface area contributed by atoms with Crippen molar-refractivity contribution in [1.29, 1.82) is 0 Å². The van der Waals surface area contributed by atoms with Crippen LogP contribution < -0.4 is 16.2 Å². The van der Waals surface area contributed by atoms with E-state index in [1.54, 1.807) is 18.2 Å². The van der Waals surface area contributed by atoms with Crippen LogP contribution in [0, 0.1) is 5.92 Å². The quantitative estimate of drug-likeness (QED) is 0.884. The number of likely N-dealkylation sites (tertiary alicyclic amines) is 1. The molecule has 0 saturated carbocycles. The number of aromatic nitrogens is 1. The molecule has 0 aliphatic carbocycles. The van der Waals surface area contributed by atoms with Gasteiger partial charge in [0.25, 0.3) is 5.56 Å². The van der Waals surface area contributed by atoms with Gasteiger partial charge in [-0.15, -0.1) is 0 Å². The van der Waals surface area contributed by atoms with Gasteiger partial charge in [-0.3, -0.25) is 4.79 Å². The first-order valence-electron chi connectivity index (χ1n) is 8.65. The number of urea groups is 1. The zero-order valence-electron chi connectivity index (χ0n) is 14.2. The normalized spacial score (nSPS) is 22.1. The van der Waals surface area contributed by atoms with Crippen molar-refractivity contribution in [2.24, 2.45) is 5.92 Å². The van der Waals surface area contributed by atoms with Crippen LogP contribution in [-0.4, -0.2) is 35.6 Å². The summed E-state index contributed by atoms with van der Waals surface area (Å²) in [5.41, 5.74) is 1.99. The Labute approximate surface area is 146 Å². The van der Waals surface area contributed by atoms with Crippen LogP contribution in [0.2, 0.25) is 0 Å². The third-order valence-electron chi connectivity index (χ3n) is 5.07. The highest BCUT2D eigenvalue weighted by atomic mass is 16.2. The van der Waals surface area contributed by atoms with E-state index in [0.717, 1.165) is 31.7 Å².